The number of hydrogen-bond acceptors (Lipinski definition) is 4. The molecule has 3 rings (SSSR count). The van der Waals surface area contributed by atoms with Gasteiger partial charge in [-0.1, -0.05) is 18.2 Å². The monoisotopic (exact) mass is 417 g/mol. The van der Waals surface area contributed by atoms with Crippen LogP contribution < -0.4 is 14.2 Å². The maximum Gasteiger partial charge on any atom is 0.387 e. The first-order chi connectivity index (χ1) is 14.5. The van der Waals surface area contributed by atoms with E-state index in [0.29, 0.717) is 49.8 Å². The molecule has 2 aromatic rings. The molecular weight excluding hydrogens is 392 g/mol. The number of ether oxygens (including phenoxy) is 3. The van der Waals surface area contributed by atoms with Gasteiger partial charge in [0.25, 0.3) is 0 Å². The van der Waals surface area contributed by atoms with Crippen molar-refractivity contribution in [2.45, 2.75) is 33.4 Å². The van der Waals surface area contributed by atoms with E-state index < -0.39 is 6.61 Å². The summed E-state index contributed by atoms with van der Waals surface area (Å²) in [6.45, 7) is 2.98. The molecule has 7 heteroatoms. The molecule has 0 saturated heterocycles. The van der Waals surface area contributed by atoms with Crippen molar-refractivity contribution in [1.29, 1.82) is 0 Å². The van der Waals surface area contributed by atoms with E-state index in [1.54, 1.807) is 23.1 Å². The van der Waals surface area contributed by atoms with Crippen molar-refractivity contribution in [1.82, 2.24) is 4.90 Å². The summed E-state index contributed by atoms with van der Waals surface area (Å²) in [5, 5.41) is 0. The number of carbonyl (C=O) groups excluding carboxylic acids is 1. The summed E-state index contributed by atoms with van der Waals surface area (Å²) in [7, 11) is 0. The highest BCUT2D eigenvalue weighted by Gasteiger charge is 2.22. The fourth-order valence-corrected chi connectivity index (χ4v) is 3.38. The molecule has 0 aliphatic carbocycles. The first kappa shape index (κ1) is 21.6. The zero-order valence-corrected chi connectivity index (χ0v) is 17.1. The lowest BCUT2D eigenvalue weighted by Gasteiger charge is -2.29. The second-order valence-corrected chi connectivity index (χ2v) is 6.69. The van der Waals surface area contributed by atoms with Crippen LogP contribution in [0, 0.1) is 0 Å². The summed E-state index contributed by atoms with van der Waals surface area (Å²) in [6, 6.07) is 10.3. The van der Waals surface area contributed by atoms with Gasteiger partial charge in [0.1, 0.15) is 5.75 Å². The number of hydrogen-bond donors (Lipinski definition) is 0. The number of nitrogens with zero attached hydrogens (tertiary/aromatic N) is 1. The largest absolute Gasteiger partial charge is 0.490 e. The summed E-state index contributed by atoms with van der Waals surface area (Å²) in [5.74, 6) is 1.22. The van der Waals surface area contributed by atoms with Gasteiger partial charge >= 0.3 is 6.61 Å². The summed E-state index contributed by atoms with van der Waals surface area (Å²) >= 11 is 0. The van der Waals surface area contributed by atoms with Crippen molar-refractivity contribution < 1.29 is 27.8 Å². The SMILES string of the molecule is CCOc1cc2c(cc1OCC)CN(C(=O)/C=C/c1ccccc1OC(F)F)CC2. The Hall–Kier alpha value is -3.09. The van der Waals surface area contributed by atoms with Crippen molar-refractivity contribution in [3.05, 3.63) is 59.2 Å². The van der Waals surface area contributed by atoms with E-state index in [9.17, 15) is 13.6 Å². The van der Waals surface area contributed by atoms with E-state index in [1.807, 2.05) is 26.0 Å². The number of rotatable bonds is 8. The number of para-hydroxylation sites is 1. The second kappa shape index (κ2) is 10.1. The molecule has 0 saturated carbocycles. The van der Waals surface area contributed by atoms with Gasteiger partial charge in [-0.2, -0.15) is 8.78 Å². The van der Waals surface area contributed by atoms with Gasteiger partial charge in [-0.25, -0.2) is 0 Å². The Morgan fingerprint density at radius 3 is 2.40 bits per heavy atom. The van der Waals surface area contributed by atoms with Crippen molar-refractivity contribution in [2.75, 3.05) is 19.8 Å². The molecule has 1 aliphatic heterocycles. The van der Waals surface area contributed by atoms with Gasteiger partial charge < -0.3 is 19.1 Å². The van der Waals surface area contributed by atoms with Crippen LogP contribution in [0.1, 0.15) is 30.5 Å². The molecule has 2 aromatic carbocycles. The van der Waals surface area contributed by atoms with Crippen LogP contribution in [0.4, 0.5) is 8.78 Å². The smallest absolute Gasteiger partial charge is 0.387 e. The summed E-state index contributed by atoms with van der Waals surface area (Å²) < 4.78 is 41.0. The van der Waals surface area contributed by atoms with Crippen LogP contribution in [0.2, 0.25) is 0 Å². The lowest BCUT2D eigenvalue weighted by molar-refractivity contribution is -0.126. The van der Waals surface area contributed by atoms with E-state index in [1.165, 1.54) is 18.2 Å². The van der Waals surface area contributed by atoms with E-state index in [0.717, 1.165) is 11.1 Å². The molecule has 1 heterocycles. The van der Waals surface area contributed by atoms with Crippen LogP contribution in [0.5, 0.6) is 17.2 Å². The number of carbonyl (C=O) groups is 1. The van der Waals surface area contributed by atoms with Crippen LogP contribution in [-0.2, 0) is 17.8 Å². The maximum atomic E-state index is 12.7. The van der Waals surface area contributed by atoms with E-state index >= 15 is 0 Å². The molecule has 1 amide bonds. The highest BCUT2D eigenvalue weighted by molar-refractivity contribution is 5.92. The van der Waals surface area contributed by atoms with Crippen LogP contribution in [0.25, 0.3) is 6.08 Å². The minimum absolute atomic E-state index is 0.0327. The normalized spacial score (nSPS) is 13.4. The van der Waals surface area contributed by atoms with Gasteiger partial charge in [0.2, 0.25) is 5.91 Å². The second-order valence-electron chi connectivity index (χ2n) is 6.69. The third-order valence-corrected chi connectivity index (χ3v) is 4.73. The molecule has 30 heavy (non-hydrogen) atoms. The molecule has 0 bridgehead atoms. The van der Waals surface area contributed by atoms with Crippen molar-refractivity contribution in [2.24, 2.45) is 0 Å². The Morgan fingerprint density at radius 1 is 1.07 bits per heavy atom. The van der Waals surface area contributed by atoms with Crippen LogP contribution in [0.3, 0.4) is 0 Å². The Balaban J connectivity index is 1.74. The minimum Gasteiger partial charge on any atom is -0.490 e. The first-order valence-electron chi connectivity index (χ1n) is 9.94. The van der Waals surface area contributed by atoms with Crippen LogP contribution in [0.15, 0.2) is 42.5 Å². The molecule has 0 aromatic heterocycles. The van der Waals surface area contributed by atoms with Gasteiger partial charge in [-0.05, 0) is 55.7 Å². The number of alkyl halides is 2. The first-order valence-corrected chi connectivity index (χ1v) is 9.94. The molecular formula is C23H25F2NO4. The fraction of sp³-hybridized carbons (Fsp3) is 0.348. The summed E-state index contributed by atoms with van der Waals surface area (Å²) in [4.78, 5) is 14.4. The Morgan fingerprint density at radius 2 is 1.73 bits per heavy atom. The fourth-order valence-electron chi connectivity index (χ4n) is 3.38. The highest BCUT2D eigenvalue weighted by Crippen LogP contribution is 2.34. The average molecular weight is 417 g/mol. The maximum absolute atomic E-state index is 12.7. The summed E-state index contributed by atoms with van der Waals surface area (Å²) in [5.41, 5.74) is 2.56. The van der Waals surface area contributed by atoms with Crippen molar-refractivity contribution in [3.8, 4) is 17.2 Å². The number of benzene rings is 2. The number of fused-ring (bicyclic) bond motifs is 1. The van der Waals surface area contributed by atoms with Gasteiger partial charge in [-0.15, -0.1) is 0 Å². The zero-order valence-electron chi connectivity index (χ0n) is 17.1. The quantitative estimate of drug-likeness (QED) is 0.585. The Labute approximate surface area is 174 Å². The average Bonchev–Trinajstić information content (AvgIpc) is 2.73. The Kier molecular flexibility index (Phi) is 7.27. The third-order valence-electron chi connectivity index (χ3n) is 4.73. The molecule has 0 fully saturated rings. The van der Waals surface area contributed by atoms with E-state index in [2.05, 4.69) is 4.74 Å². The molecule has 1 aliphatic rings. The van der Waals surface area contributed by atoms with Gasteiger partial charge in [0.05, 0.1) is 13.2 Å². The number of halogens is 2. The molecule has 0 radical (unpaired) electrons. The van der Waals surface area contributed by atoms with Gasteiger partial charge in [0, 0.05) is 24.7 Å². The van der Waals surface area contributed by atoms with E-state index in [4.69, 9.17) is 9.47 Å². The molecule has 0 N–H and O–H groups in total. The number of amides is 1. The van der Waals surface area contributed by atoms with Crippen LogP contribution in [-0.4, -0.2) is 37.2 Å². The Bertz CT molecular complexity index is 914. The van der Waals surface area contributed by atoms with Crippen molar-refractivity contribution in [3.63, 3.8) is 0 Å². The predicted molar refractivity (Wildman–Crippen MR) is 110 cm³/mol. The van der Waals surface area contributed by atoms with Crippen molar-refractivity contribution >= 4 is 12.0 Å². The molecule has 0 atom stereocenters. The molecule has 5 nitrogen and oxygen atoms in total. The third kappa shape index (κ3) is 5.28. The topological polar surface area (TPSA) is 48.0 Å². The lowest BCUT2D eigenvalue weighted by Crippen LogP contribution is -2.34. The lowest BCUT2D eigenvalue weighted by atomic mass is 9.98. The van der Waals surface area contributed by atoms with Gasteiger partial charge in [-0.3, -0.25) is 4.79 Å². The summed E-state index contributed by atoms with van der Waals surface area (Å²) in [6.07, 6.45) is 3.59. The zero-order chi connectivity index (χ0) is 21.5. The minimum atomic E-state index is -2.92. The molecule has 0 spiro atoms. The predicted octanol–water partition coefficient (Wildman–Crippen LogP) is 4.68. The molecule has 0 unspecified atom stereocenters. The van der Waals surface area contributed by atoms with Crippen LogP contribution >= 0.6 is 0 Å². The van der Waals surface area contributed by atoms with Gasteiger partial charge in [0.15, 0.2) is 11.5 Å². The highest BCUT2D eigenvalue weighted by atomic mass is 19.3. The van der Waals surface area contributed by atoms with E-state index in [-0.39, 0.29) is 11.7 Å². The molecule has 160 valence electrons. The standard InChI is InChI=1S/C23H25F2NO4/c1-3-28-20-13-17-11-12-26(15-18(17)14-21(20)29-4-2)22(27)10-9-16-7-5-6-8-19(16)30-23(24)25/h5-10,13-14,23H,3-4,11-12,15H2,1-2H3/b10-9+.